The van der Waals surface area contributed by atoms with Crippen LogP contribution >= 0.6 is 22.9 Å². The molecule has 4 saturated heterocycles. The summed E-state index contributed by atoms with van der Waals surface area (Å²) in [6.45, 7) is 25.0. The number of thiazole rings is 1. The molecule has 4 aromatic carbocycles. The van der Waals surface area contributed by atoms with E-state index in [4.69, 9.17) is 31.0 Å². The first-order valence-electron chi connectivity index (χ1n) is 30.4. The molecule has 0 bridgehead atoms. The van der Waals surface area contributed by atoms with Crippen LogP contribution in [0.4, 0.5) is 15.0 Å². The molecule has 22 heteroatoms. The number of fused-ring (bicyclic) bond motifs is 2. The van der Waals surface area contributed by atoms with Crippen LogP contribution in [0.2, 0.25) is 5.02 Å². The minimum atomic E-state index is -0.920. The van der Waals surface area contributed by atoms with Crippen LogP contribution in [0.1, 0.15) is 92.0 Å². The molecule has 87 heavy (non-hydrogen) atoms. The first-order valence-corrected chi connectivity index (χ1v) is 31.7. The SMILES string of the molecule is Cc1ncsc1-c1ccc([C@H](C)NC(=O)[C@@H]2C[C@@H](O)CN2C(=O)[C@@H](NC(=O)CN2CCN(CC3CCN(C[C@@H](C)Oc4nc(N5CCN(C(=O)OC(C)(C)C)CC5)c5cc(Cl)c(-c6cc(O)cc7ccccc67)c(F)c5n4)CC3)CC2)C(C)(C)C)cc1. The molecule has 0 saturated carbocycles. The molecule has 5 atom stereocenters. The number of halogens is 2. The molecule has 6 aromatic rings. The van der Waals surface area contributed by atoms with Gasteiger partial charge in [0.1, 0.15) is 40.9 Å². The standard InChI is InChI=1S/C65H83ClFN11O8S/c1-39(85-62-71-56-50(59(72-62)76-26-28-77(29-27-76)63(84)86-65(7,8)9)33-51(66)54(55(56)67)49-31-46(79)30-45-12-10-11-13-48(45)49)34-73-20-18-42(19-21-73)35-74-22-24-75(25-23-74)37-53(81)70-58(64(4,5)6)61(83)78-36-47(80)32-52(78)60(82)69-40(2)43-14-16-44(17-15-43)57-41(3)68-38-87-57/h10-17,30-31,33,38-40,42,47,52,58,79-80H,18-29,32,34-37H2,1-9H3,(H,69,82)(H,70,81)/t39-,40+,47-,52+,58-/m1/s1. The molecule has 4 aliphatic rings. The number of piperidine rings is 1. The fourth-order valence-electron chi connectivity index (χ4n) is 12.5. The molecule has 4 fully saturated rings. The Morgan fingerprint density at radius 3 is 2.20 bits per heavy atom. The number of carbonyl (C=O) groups is 4. The van der Waals surface area contributed by atoms with Crippen molar-refractivity contribution in [1.82, 2.24) is 50.1 Å². The first-order chi connectivity index (χ1) is 41.3. The van der Waals surface area contributed by atoms with Gasteiger partial charge in [0, 0.05) is 89.4 Å². The third kappa shape index (κ3) is 15.1. The molecule has 4 amide bonds. The number of anilines is 1. The van der Waals surface area contributed by atoms with Gasteiger partial charge in [-0.3, -0.25) is 24.2 Å². The van der Waals surface area contributed by atoms with Crippen LogP contribution in [0.25, 0.3) is 43.2 Å². The van der Waals surface area contributed by atoms with Crippen LogP contribution in [-0.4, -0.2) is 195 Å². The number of β-amino-alcohol motifs (C(OH)–C–C–N with tert-alkyl or cyclic N) is 1. The highest BCUT2D eigenvalue weighted by molar-refractivity contribution is 7.13. The second-order valence-corrected chi connectivity index (χ2v) is 27.3. The van der Waals surface area contributed by atoms with E-state index in [-0.39, 0.29) is 71.3 Å². The Bertz CT molecular complexity index is 3460. The van der Waals surface area contributed by atoms with Crippen LogP contribution in [0.15, 0.2) is 72.2 Å². The van der Waals surface area contributed by atoms with Crippen LogP contribution in [0, 0.1) is 24.1 Å². The number of nitrogens with one attached hydrogen (secondary N) is 2. The fourth-order valence-corrected chi connectivity index (χ4v) is 13.6. The molecule has 0 spiro atoms. The van der Waals surface area contributed by atoms with Crippen LogP contribution in [-0.2, 0) is 19.1 Å². The first kappa shape index (κ1) is 63.3. The Hall–Kier alpha value is -6.75. The number of aromatic nitrogens is 3. The van der Waals surface area contributed by atoms with E-state index in [0.29, 0.717) is 73.9 Å². The lowest BCUT2D eigenvalue weighted by Crippen LogP contribution is -2.59. The Labute approximate surface area is 518 Å². The van der Waals surface area contributed by atoms with Crippen molar-refractivity contribution >= 4 is 74.2 Å². The van der Waals surface area contributed by atoms with Gasteiger partial charge in [-0.05, 0) is 124 Å². The van der Waals surface area contributed by atoms with E-state index in [1.54, 1.807) is 28.4 Å². The minimum Gasteiger partial charge on any atom is -0.508 e. The van der Waals surface area contributed by atoms with E-state index in [9.17, 15) is 29.4 Å². The number of ether oxygens (including phenoxy) is 2. The number of aryl methyl sites for hydroxylation is 1. The van der Waals surface area contributed by atoms with Crippen molar-refractivity contribution in [3.05, 3.63) is 94.3 Å². The van der Waals surface area contributed by atoms with Gasteiger partial charge in [0.15, 0.2) is 5.82 Å². The molecule has 0 unspecified atom stereocenters. The number of aliphatic hydroxyl groups excluding tert-OH is 1. The summed E-state index contributed by atoms with van der Waals surface area (Å²) in [5, 5.41) is 29.6. The number of benzene rings is 4. The lowest BCUT2D eigenvalue weighted by molar-refractivity contribution is -0.144. The molecule has 4 N–H and O–H groups in total. The lowest BCUT2D eigenvalue weighted by atomic mass is 9.85. The second kappa shape index (κ2) is 26.5. The van der Waals surface area contributed by atoms with Gasteiger partial charge in [0.2, 0.25) is 17.7 Å². The average Bonchev–Trinajstić information content (AvgIpc) is 1.33. The van der Waals surface area contributed by atoms with Crippen molar-refractivity contribution in [1.29, 1.82) is 0 Å². The summed E-state index contributed by atoms with van der Waals surface area (Å²) in [5.74, 6) is -0.770. The molecular formula is C65H83ClFN11O8S. The van der Waals surface area contributed by atoms with E-state index in [1.165, 1.54) is 11.0 Å². The molecule has 6 heterocycles. The van der Waals surface area contributed by atoms with Crippen molar-refractivity contribution in [3.63, 3.8) is 0 Å². The monoisotopic (exact) mass is 1230 g/mol. The van der Waals surface area contributed by atoms with E-state index >= 15 is 4.39 Å². The van der Waals surface area contributed by atoms with E-state index in [0.717, 1.165) is 72.6 Å². The lowest BCUT2D eigenvalue weighted by Gasteiger charge is -2.39. The second-order valence-electron chi connectivity index (χ2n) is 26.1. The number of phenols is 1. The van der Waals surface area contributed by atoms with Gasteiger partial charge in [-0.2, -0.15) is 9.97 Å². The van der Waals surface area contributed by atoms with Gasteiger partial charge in [-0.25, -0.2) is 14.2 Å². The summed E-state index contributed by atoms with van der Waals surface area (Å²) in [6.07, 6.45) is 0.469. The highest BCUT2D eigenvalue weighted by Crippen LogP contribution is 2.43. The van der Waals surface area contributed by atoms with Crippen LogP contribution in [0.5, 0.6) is 11.8 Å². The molecule has 19 nitrogen and oxygen atoms in total. The molecule has 0 radical (unpaired) electrons. The number of aliphatic hydroxyl groups is 1. The molecule has 466 valence electrons. The van der Waals surface area contributed by atoms with E-state index in [2.05, 4.69) is 30.3 Å². The summed E-state index contributed by atoms with van der Waals surface area (Å²) in [6, 6.07) is 18.1. The number of likely N-dealkylation sites (tertiary alicyclic amines) is 2. The number of piperazine rings is 2. The maximum Gasteiger partial charge on any atom is 0.410 e. The minimum absolute atomic E-state index is 0.00181. The summed E-state index contributed by atoms with van der Waals surface area (Å²) < 4.78 is 29.5. The third-order valence-corrected chi connectivity index (χ3v) is 18.4. The smallest absolute Gasteiger partial charge is 0.410 e. The number of nitrogens with zero attached hydrogens (tertiary/aromatic N) is 9. The maximum atomic E-state index is 17.3. The van der Waals surface area contributed by atoms with Crippen LogP contribution < -0.4 is 20.3 Å². The highest BCUT2D eigenvalue weighted by Gasteiger charge is 2.45. The number of hydrogen-bond acceptors (Lipinski definition) is 16. The van der Waals surface area contributed by atoms with Gasteiger partial charge in [-0.15, -0.1) is 11.3 Å². The van der Waals surface area contributed by atoms with Crippen LogP contribution in [0.3, 0.4) is 0 Å². The average molecular weight is 1230 g/mol. The van der Waals surface area contributed by atoms with Gasteiger partial charge in [0.05, 0.1) is 39.8 Å². The molecular weight excluding hydrogens is 1150 g/mol. The summed E-state index contributed by atoms with van der Waals surface area (Å²) >= 11 is 8.58. The number of carbonyl (C=O) groups excluding carboxylic acids is 4. The number of aromatic hydroxyl groups is 1. The summed E-state index contributed by atoms with van der Waals surface area (Å²) in [7, 11) is 0. The predicted octanol–water partition coefficient (Wildman–Crippen LogP) is 8.90. The van der Waals surface area contributed by atoms with E-state index < -0.39 is 47.0 Å². The van der Waals surface area contributed by atoms with Gasteiger partial charge in [-0.1, -0.05) is 80.9 Å². The molecule has 0 aliphatic carbocycles. The largest absolute Gasteiger partial charge is 0.508 e. The van der Waals surface area contributed by atoms with Crippen molar-refractivity contribution < 1.29 is 43.3 Å². The van der Waals surface area contributed by atoms with Gasteiger partial charge < -0.3 is 49.9 Å². The van der Waals surface area contributed by atoms with Gasteiger partial charge in [0.25, 0.3) is 0 Å². The number of hydrogen-bond donors (Lipinski definition) is 4. The van der Waals surface area contributed by atoms with Crippen molar-refractivity contribution in [3.8, 4) is 33.3 Å². The Kier molecular flexibility index (Phi) is 19.3. The zero-order chi connectivity index (χ0) is 62.1. The van der Waals surface area contributed by atoms with E-state index in [1.807, 2.05) is 121 Å². The molecule has 2 aromatic heterocycles. The summed E-state index contributed by atoms with van der Waals surface area (Å²) in [4.78, 5) is 82.2. The van der Waals surface area contributed by atoms with Gasteiger partial charge >= 0.3 is 12.1 Å². The number of phenolic OH excluding ortho intramolecular Hbond substituents is 1. The Balaban J connectivity index is 0.713. The zero-order valence-corrected chi connectivity index (χ0v) is 53.0. The number of amides is 4. The number of rotatable bonds is 16. The normalized spacial score (nSPS) is 19.7. The maximum absolute atomic E-state index is 17.3. The Morgan fingerprint density at radius 2 is 1.53 bits per heavy atom. The quantitative estimate of drug-likeness (QED) is 0.0713. The summed E-state index contributed by atoms with van der Waals surface area (Å²) in [5.41, 5.74) is 3.97. The predicted molar refractivity (Wildman–Crippen MR) is 338 cm³/mol. The Morgan fingerprint density at radius 1 is 0.839 bits per heavy atom. The molecule has 4 aliphatic heterocycles. The zero-order valence-electron chi connectivity index (χ0n) is 51.4. The van der Waals surface area contributed by atoms with Crippen molar-refractivity contribution in [2.45, 2.75) is 118 Å². The fraction of sp³-hybridized carbons (Fsp3) is 0.523. The third-order valence-electron chi connectivity index (χ3n) is 17.1. The van der Waals surface area contributed by atoms with Crippen molar-refractivity contribution in [2.24, 2.45) is 11.3 Å². The molecule has 10 rings (SSSR count). The topological polar surface area (TPSA) is 209 Å². The highest BCUT2D eigenvalue weighted by atomic mass is 35.5. The van der Waals surface area contributed by atoms with Crippen molar-refractivity contribution in [2.75, 3.05) is 96.5 Å².